The van der Waals surface area contributed by atoms with Gasteiger partial charge < -0.3 is 5.32 Å². The van der Waals surface area contributed by atoms with E-state index in [1.165, 1.54) is 11.1 Å². The summed E-state index contributed by atoms with van der Waals surface area (Å²) in [6.07, 6.45) is 1.98. The fourth-order valence-corrected chi connectivity index (χ4v) is 2.70. The smallest absolute Gasteiger partial charge is 0.103 e. The van der Waals surface area contributed by atoms with Gasteiger partial charge in [0.15, 0.2) is 0 Å². The first-order chi connectivity index (χ1) is 9.13. The highest BCUT2D eigenvalue weighted by molar-refractivity contribution is 7.98. The SMILES string of the molecule is CSc1cccc(Nc2cc(C)cc(C)c2)c1C#N. The standard InChI is InChI=1S/C16H16N2S/c1-11-7-12(2)9-13(8-11)18-15-5-4-6-16(19-3)14(15)10-17/h4-9,18H,1-3H3. The van der Waals surface area contributed by atoms with Gasteiger partial charge in [-0.2, -0.15) is 5.26 Å². The predicted octanol–water partition coefficient (Wildman–Crippen LogP) is 4.64. The summed E-state index contributed by atoms with van der Waals surface area (Å²) in [7, 11) is 0. The molecule has 2 aromatic carbocycles. The molecule has 0 saturated carbocycles. The number of thioether (sulfide) groups is 1. The molecule has 0 radical (unpaired) electrons. The van der Waals surface area contributed by atoms with Crippen molar-refractivity contribution in [2.45, 2.75) is 18.7 Å². The van der Waals surface area contributed by atoms with Gasteiger partial charge in [0.25, 0.3) is 0 Å². The Morgan fingerprint density at radius 3 is 2.37 bits per heavy atom. The van der Waals surface area contributed by atoms with Crippen LogP contribution in [0.1, 0.15) is 16.7 Å². The third-order valence-electron chi connectivity index (χ3n) is 2.86. The zero-order valence-corrected chi connectivity index (χ0v) is 12.1. The molecular weight excluding hydrogens is 252 g/mol. The van der Waals surface area contributed by atoms with E-state index in [4.69, 9.17) is 0 Å². The van der Waals surface area contributed by atoms with Crippen LogP contribution in [0, 0.1) is 25.2 Å². The average Bonchev–Trinajstić information content (AvgIpc) is 2.37. The normalized spacial score (nSPS) is 10.0. The summed E-state index contributed by atoms with van der Waals surface area (Å²) in [5, 5.41) is 12.7. The Morgan fingerprint density at radius 1 is 1.11 bits per heavy atom. The van der Waals surface area contributed by atoms with Crippen LogP contribution in [0.3, 0.4) is 0 Å². The molecule has 0 fully saturated rings. The zero-order valence-electron chi connectivity index (χ0n) is 11.3. The monoisotopic (exact) mass is 268 g/mol. The molecule has 0 aliphatic rings. The third-order valence-corrected chi connectivity index (χ3v) is 3.64. The van der Waals surface area contributed by atoms with E-state index in [0.29, 0.717) is 5.56 Å². The first-order valence-electron chi connectivity index (χ1n) is 6.06. The molecule has 2 rings (SSSR count). The fraction of sp³-hybridized carbons (Fsp3) is 0.188. The summed E-state index contributed by atoms with van der Waals surface area (Å²) in [4.78, 5) is 0.997. The summed E-state index contributed by atoms with van der Waals surface area (Å²) in [6, 6.07) is 14.5. The third kappa shape index (κ3) is 3.10. The van der Waals surface area contributed by atoms with Gasteiger partial charge in [-0.15, -0.1) is 11.8 Å². The molecule has 2 nitrogen and oxygen atoms in total. The van der Waals surface area contributed by atoms with Crippen molar-refractivity contribution in [3.63, 3.8) is 0 Å². The lowest BCUT2D eigenvalue weighted by atomic mass is 10.1. The number of benzene rings is 2. The maximum Gasteiger partial charge on any atom is 0.103 e. The quantitative estimate of drug-likeness (QED) is 0.824. The Bertz CT molecular complexity index is 621. The van der Waals surface area contributed by atoms with Gasteiger partial charge in [-0.1, -0.05) is 12.1 Å². The van der Waals surface area contributed by atoms with Crippen LogP contribution in [-0.2, 0) is 0 Å². The zero-order chi connectivity index (χ0) is 13.8. The van der Waals surface area contributed by atoms with Crippen LogP contribution in [0.2, 0.25) is 0 Å². The van der Waals surface area contributed by atoms with E-state index in [1.807, 2.05) is 24.5 Å². The molecule has 0 aliphatic carbocycles. The van der Waals surface area contributed by atoms with Crippen molar-refractivity contribution in [1.29, 1.82) is 5.26 Å². The van der Waals surface area contributed by atoms with Crippen molar-refractivity contribution >= 4 is 23.1 Å². The van der Waals surface area contributed by atoms with Gasteiger partial charge in [-0.05, 0) is 55.5 Å². The summed E-state index contributed by atoms with van der Waals surface area (Å²) < 4.78 is 0. The molecule has 96 valence electrons. The number of nitriles is 1. The van der Waals surface area contributed by atoms with Crippen molar-refractivity contribution in [1.82, 2.24) is 0 Å². The Morgan fingerprint density at radius 2 is 1.79 bits per heavy atom. The van der Waals surface area contributed by atoms with Crippen molar-refractivity contribution in [2.75, 3.05) is 11.6 Å². The molecular formula is C16H16N2S. The molecule has 2 aromatic rings. The lowest BCUT2D eigenvalue weighted by Gasteiger charge is -2.12. The van der Waals surface area contributed by atoms with Gasteiger partial charge in [-0.3, -0.25) is 0 Å². The second kappa shape index (κ2) is 5.81. The Balaban J connectivity index is 2.41. The predicted molar refractivity (Wildman–Crippen MR) is 82.1 cm³/mol. The molecule has 0 spiro atoms. The van der Waals surface area contributed by atoms with Crippen LogP contribution in [0.5, 0.6) is 0 Å². The molecule has 0 saturated heterocycles. The van der Waals surface area contributed by atoms with E-state index >= 15 is 0 Å². The molecule has 0 unspecified atom stereocenters. The van der Waals surface area contributed by atoms with Crippen molar-refractivity contribution in [2.24, 2.45) is 0 Å². The molecule has 0 aliphatic heterocycles. The first kappa shape index (κ1) is 13.5. The second-order valence-corrected chi connectivity index (χ2v) is 5.34. The van der Waals surface area contributed by atoms with E-state index in [2.05, 4.69) is 43.4 Å². The molecule has 3 heteroatoms. The van der Waals surface area contributed by atoms with Gasteiger partial charge in [0.2, 0.25) is 0 Å². The van der Waals surface area contributed by atoms with Gasteiger partial charge in [0, 0.05) is 10.6 Å². The van der Waals surface area contributed by atoms with Crippen LogP contribution in [0.15, 0.2) is 41.3 Å². The lowest BCUT2D eigenvalue weighted by Crippen LogP contribution is -1.96. The van der Waals surface area contributed by atoms with Crippen LogP contribution in [-0.4, -0.2) is 6.26 Å². The van der Waals surface area contributed by atoms with Gasteiger partial charge in [0.05, 0.1) is 11.3 Å². The van der Waals surface area contributed by atoms with Crippen LogP contribution in [0.4, 0.5) is 11.4 Å². The van der Waals surface area contributed by atoms with Crippen LogP contribution in [0.25, 0.3) is 0 Å². The number of nitrogens with one attached hydrogen (secondary N) is 1. The number of nitrogens with zero attached hydrogens (tertiary/aromatic N) is 1. The highest BCUT2D eigenvalue weighted by atomic mass is 32.2. The highest BCUT2D eigenvalue weighted by Crippen LogP contribution is 2.29. The molecule has 0 atom stereocenters. The van der Waals surface area contributed by atoms with E-state index in [1.54, 1.807) is 11.8 Å². The lowest BCUT2D eigenvalue weighted by molar-refractivity contribution is 1.34. The Hall–Kier alpha value is -1.92. The van der Waals surface area contributed by atoms with Crippen molar-refractivity contribution in [3.05, 3.63) is 53.1 Å². The summed E-state index contributed by atoms with van der Waals surface area (Å²) in [5.74, 6) is 0. The maximum atomic E-state index is 9.31. The minimum atomic E-state index is 0.703. The fourth-order valence-electron chi connectivity index (χ4n) is 2.12. The average molecular weight is 268 g/mol. The maximum absolute atomic E-state index is 9.31. The minimum absolute atomic E-state index is 0.703. The summed E-state index contributed by atoms with van der Waals surface area (Å²) >= 11 is 1.59. The molecule has 0 bridgehead atoms. The molecule has 0 aromatic heterocycles. The summed E-state index contributed by atoms with van der Waals surface area (Å²) in [5.41, 5.74) is 5.00. The van der Waals surface area contributed by atoms with E-state index in [0.717, 1.165) is 16.3 Å². The first-order valence-corrected chi connectivity index (χ1v) is 7.29. The Kier molecular flexibility index (Phi) is 4.13. The van der Waals surface area contributed by atoms with Gasteiger partial charge in [-0.25, -0.2) is 0 Å². The number of hydrogen-bond acceptors (Lipinski definition) is 3. The second-order valence-electron chi connectivity index (χ2n) is 4.50. The van der Waals surface area contributed by atoms with Crippen LogP contribution >= 0.6 is 11.8 Å². The Labute approximate surface area is 118 Å². The van der Waals surface area contributed by atoms with E-state index in [-0.39, 0.29) is 0 Å². The van der Waals surface area contributed by atoms with Crippen molar-refractivity contribution in [3.8, 4) is 6.07 Å². The van der Waals surface area contributed by atoms with Crippen molar-refractivity contribution < 1.29 is 0 Å². The highest BCUT2D eigenvalue weighted by Gasteiger charge is 2.07. The number of aryl methyl sites for hydroxylation is 2. The van der Waals surface area contributed by atoms with E-state index < -0.39 is 0 Å². The number of anilines is 2. The van der Waals surface area contributed by atoms with E-state index in [9.17, 15) is 5.26 Å². The largest absolute Gasteiger partial charge is 0.354 e. The van der Waals surface area contributed by atoms with Gasteiger partial charge >= 0.3 is 0 Å². The molecule has 19 heavy (non-hydrogen) atoms. The number of hydrogen-bond donors (Lipinski definition) is 1. The molecule has 0 amide bonds. The van der Waals surface area contributed by atoms with Crippen LogP contribution < -0.4 is 5.32 Å². The number of rotatable bonds is 3. The topological polar surface area (TPSA) is 35.8 Å². The minimum Gasteiger partial charge on any atom is -0.354 e. The molecule has 0 heterocycles. The summed E-state index contributed by atoms with van der Waals surface area (Å²) in [6.45, 7) is 4.14. The molecule has 1 N–H and O–H groups in total. The van der Waals surface area contributed by atoms with Gasteiger partial charge in [0.1, 0.15) is 6.07 Å².